The summed E-state index contributed by atoms with van der Waals surface area (Å²) >= 11 is 0.945. The molecule has 0 fully saturated rings. The van der Waals surface area contributed by atoms with E-state index in [1.165, 1.54) is 6.92 Å². The van der Waals surface area contributed by atoms with Crippen molar-refractivity contribution in [3.05, 3.63) is 87.8 Å². The van der Waals surface area contributed by atoms with Gasteiger partial charge < -0.3 is 20.1 Å². The third-order valence-corrected chi connectivity index (χ3v) is 6.76. The summed E-state index contributed by atoms with van der Waals surface area (Å²) in [5, 5.41) is 5.34. The largest absolute Gasteiger partial charge is 0.462 e. The first-order valence-corrected chi connectivity index (χ1v) is 12.7. The van der Waals surface area contributed by atoms with Gasteiger partial charge in [0.2, 0.25) is 0 Å². The lowest BCUT2D eigenvalue weighted by Gasteiger charge is -2.18. The zero-order valence-electron chi connectivity index (χ0n) is 21.2. The summed E-state index contributed by atoms with van der Waals surface area (Å²) in [5.74, 6) is -2.91. The zero-order chi connectivity index (χ0) is 27.7. The lowest BCUT2D eigenvalue weighted by Crippen LogP contribution is -2.44. The predicted molar refractivity (Wildman–Crippen MR) is 142 cm³/mol. The van der Waals surface area contributed by atoms with E-state index in [1.54, 1.807) is 44.2 Å². The minimum Gasteiger partial charge on any atom is -0.462 e. The van der Waals surface area contributed by atoms with Crippen molar-refractivity contribution < 1.29 is 33.4 Å². The second-order valence-corrected chi connectivity index (χ2v) is 9.30. The maximum absolute atomic E-state index is 12.9. The standard InChI is InChI=1S/C28H28N2O7S/c1-4-36-28(35)23-17(2)24(18(3)31)38-26(23)30-22(32)16-37-27(34)21(15-19-11-7-5-8-12-19)29-25(33)20-13-9-6-10-14-20/h5-14,21H,4,15-16H2,1-3H3,(H,29,33)(H,30,32)/t21-/m1/s1. The Morgan fingerprint density at radius 1 is 0.921 bits per heavy atom. The molecule has 0 bridgehead atoms. The maximum atomic E-state index is 12.9. The molecule has 2 aromatic carbocycles. The van der Waals surface area contributed by atoms with Crippen LogP contribution in [0.2, 0.25) is 0 Å². The Hall–Kier alpha value is -4.31. The van der Waals surface area contributed by atoms with Crippen LogP contribution in [0.25, 0.3) is 0 Å². The fourth-order valence-electron chi connectivity index (χ4n) is 3.66. The molecule has 0 saturated carbocycles. The number of nitrogens with one attached hydrogen (secondary N) is 2. The number of esters is 2. The van der Waals surface area contributed by atoms with Crippen LogP contribution in [-0.4, -0.2) is 48.8 Å². The summed E-state index contributed by atoms with van der Waals surface area (Å²) in [4.78, 5) is 63.0. The van der Waals surface area contributed by atoms with E-state index in [0.717, 1.165) is 16.9 Å². The molecule has 0 saturated heterocycles. The normalized spacial score (nSPS) is 11.2. The van der Waals surface area contributed by atoms with Crippen LogP contribution in [0.1, 0.15) is 55.4 Å². The Balaban J connectivity index is 1.72. The van der Waals surface area contributed by atoms with Gasteiger partial charge in [-0.3, -0.25) is 14.4 Å². The highest BCUT2D eigenvalue weighted by molar-refractivity contribution is 7.18. The number of ether oxygens (including phenoxy) is 2. The number of carbonyl (C=O) groups excluding carboxylic acids is 5. The van der Waals surface area contributed by atoms with Crippen LogP contribution in [0.5, 0.6) is 0 Å². The first kappa shape index (κ1) is 28.3. The SMILES string of the molecule is CCOC(=O)c1c(NC(=O)COC(=O)[C@@H](Cc2ccccc2)NC(=O)c2ccccc2)sc(C(C)=O)c1C. The molecule has 1 aromatic heterocycles. The van der Waals surface area contributed by atoms with E-state index >= 15 is 0 Å². The van der Waals surface area contributed by atoms with E-state index in [-0.39, 0.29) is 29.4 Å². The Labute approximate surface area is 224 Å². The fourth-order valence-corrected chi connectivity index (χ4v) is 4.77. The number of carbonyl (C=O) groups is 5. The summed E-state index contributed by atoms with van der Waals surface area (Å²) in [6, 6.07) is 16.4. The van der Waals surface area contributed by atoms with E-state index in [9.17, 15) is 24.0 Å². The monoisotopic (exact) mass is 536 g/mol. The molecule has 3 aromatic rings. The van der Waals surface area contributed by atoms with Crippen LogP contribution < -0.4 is 10.6 Å². The lowest BCUT2D eigenvalue weighted by atomic mass is 10.1. The molecule has 0 aliphatic rings. The van der Waals surface area contributed by atoms with Crippen molar-refractivity contribution >= 4 is 45.9 Å². The zero-order valence-corrected chi connectivity index (χ0v) is 22.1. The maximum Gasteiger partial charge on any atom is 0.341 e. The van der Waals surface area contributed by atoms with Crippen molar-refractivity contribution in [2.75, 3.05) is 18.5 Å². The lowest BCUT2D eigenvalue weighted by molar-refractivity contribution is -0.149. The molecular formula is C28H28N2O7S. The molecule has 198 valence electrons. The molecule has 2 N–H and O–H groups in total. The summed E-state index contributed by atoms with van der Waals surface area (Å²) in [6.45, 7) is 4.05. The van der Waals surface area contributed by atoms with Gasteiger partial charge in [-0.2, -0.15) is 0 Å². The van der Waals surface area contributed by atoms with Gasteiger partial charge in [-0.15, -0.1) is 11.3 Å². The van der Waals surface area contributed by atoms with Gasteiger partial charge in [0, 0.05) is 12.0 Å². The van der Waals surface area contributed by atoms with Gasteiger partial charge in [0.15, 0.2) is 12.4 Å². The Morgan fingerprint density at radius 2 is 1.55 bits per heavy atom. The Bertz CT molecular complexity index is 1320. The van der Waals surface area contributed by atoms with Gasteiger partial charge in [-0.05, 0) is 44.0 Å². The summed E-state index contributed by atoms with van der Waals surface area (Å²) in [5.41, 5.74) is 1.65. The summed E-state index contributed by atoms with van der Waals surface area (Å²) in [6.07, 6.45) is 0.152. The van der Waals surface area contributed by atoms with Gasteiger partial charge in [-0.25, -0.2) is 9.59 Å². The highest BCUT2D eigenvalue weighted by Gasteiger charge is 2.27. The number of benzene rings is 2. The summed E-state index contributed by atoms with van der Waals surface area (Å²) < 4.78 is 10.3. The molecule has 0 radical (unpaired) electrons. The van der Waals surface area contributed by atoms with Crippen LogP contribution in [0, 0.1) is 6.92 Å². The van der Waals surface area contributed by atoms with Gasteiger partial charge in [0.1, 0.15) is 11.0 Å². The van der Waals surface area contributed by atoms with E-state index in [4.69, 9.17) is 9.47 Å². The molecular weight excluding hydrogens is 508 g/mol. The molecule has 0 unspecified atom stereocenters. The van der Waals surface area contributed by atoms with Crippen LogP contribution in [0.15, 0.2) is 60.7 Å². The highest BCUT2D eigenvalue weighted by Crippen LogP contribution is 2.34. The quantitative estimate of drug-likeness (QED) is 0.280. The Morgan fingerprint density at radius 3 is 2.16 bits per heavy atom. The number of Topliss-reactive ketones (excluding diaryl/α,β-unsaturated/α-hetero) is 1. The van der Waals surface area contributed by atoms with Crippen molar-refractivity contribution in [3.8, 4) is 0 Å². The van der Waals surface area contributed by atoms with E-state index in [0.29, 0.717) is 16.0 Å². The number of amides is 2. The minimum absolute atomic E-state index is 0.0822. The van der Waals surface area contributed by atoms with Crippen molar-refractivity contribution in [1.82, 2.24) is 5.32 Å². The van der Waals surface area contributed by atoms with Crippen molar-refractivity contribution in [2.45, 2.75) is 33.2 Å². The molecule has 1 heterocycles. The highest BCUT2D eigenvalue weighted by atomic mass is 32.1. The molecule has 0 aliphatic heterocycles. The smallest absolute Gasteiger partial charge is 0.341 e. The number of rotatable bonds is 11. The van der Waals surface area contributed by atoms with E-state index in [2.05, 4.69) is 10.6 Å². The Kier molecular flexibility index (Phi) is 9.89. The van der Waals surface area contributed by atoms with Crippen LogP contribution in [0.4, 0.5) is 5.00 Å². The first-order valence-electron chi connectivity index (χ1n) is 11.9. The second-order valence-electron chi connectivity index (χ2n) is 8.27. The summed E-state index contributed by atoms with van der Waals surface area (Å²) in [7, 11) is 0. The number of hydrogen-bond acceptors (Lipinski definition) is 8. The van der Waals surface area contributed by atoms with E-state index in [1.807, 2.05) is 30.3 Å². The van der Waals surface area contributed by atoms with Gasteiger partial charge in [-0.1, -0.05) is 48.5 Å². The minimum atomic E-state index is -1.05. The van der Waals surface area contributed by atoms with Crippen molar-refractivity contribution in [2.24, 2.45) is 0 Å². The molecule has 10 heteroatoms. The number of ketones is 1. The fraction of sp³-hybridized carbons (Fsp3) is 0.250. The van der Waals surface area contributed by atoms with Crippen LogP contribution >= 0.6 is 11.3 Å². The molecule has 0 aliphatic carbocycles. The third-order valence-electron chi connectivity index (χ3n) is 5.45. The average molecular weight is 537 g/mol. The molecule has 0 spiro atoms. The molecule has 1 atom stereocenters. The topological polar surface area (TPSA) is 128 Å². The van der Waals surface area contributed by atoms with Crippen molar-refractivity contribution in [1.29, 1.82) is 0 Å². The average Bonchev–Trinajstić information content (AvgIpc) is 3.23. The van der Waals surface area contributed by atoms with Gasteiger partial charge >= 0.3 is 11.9 Å². The van der Waals surface area contributed by atoms with Crippen LogP contribution in [-0.2, 0) is 25.5 Å². The predicted octanol–water partition coefficient (Wildman–Crippen LogP) is 3.96. The first-order chi connectivity index (χ1) is 18.2. The van der Waals surface area contributed by atoms with Gasteiger partial charge in [0.05, 0.1) is 17.0 Å². The second kappa shape index (κ2) is 13.3. The molecule has 38 heavy (non-hydrogen) atoms. The molecule has 2 amide bonds. The van der Waals surface area contributed by atoms with Crippen LogP contribution in [0.3, 0.4) is 0 Å². The van der Waals surface area contributed by atoms with Crippen molar-refractivity contribution in [3.63, 3.8) is 0 Å². The third kappa shape index (κ3) is 7.36. The number of hydrogen-bond donors (Lipinski definition) is 2. The molecule has 9 nitrogen and oxygen atoms in total. The van der Waals surface area contributed by atoms with E-state index < -0.39 is 36.4 Å². The molecule has 3 rings (SSSR count). The number of thiophene rings is 1. The van der Waals surface area contributed by atoms with Gasteiger partial charge in [0.25, 0.3) is 11.8 Å². The number of anilines is 1.